The number of nitrogen functional groups attached to an aromatic ring is 1. The van der Waals surface area contributed by atoms with Crippen LogP contribution in [0.25, 0.3) is 0 Å². The summed E-state index contributed by atoms with van der Waals surface area (Å²) in [4.78, 5) is 3.82. The van der Waals surface area contributed by atoms with Gasteiger partial charge in [0.25, 0.3) is 0 Å². The van der Waals surface area contributed by atoms with Crippen LogP contribution in [0.2, 0.25) is 0 Å². The summed E-state index contributed by atoms with van der Waals surface area (Å²) in [7, 11) is 0. The molecule has 0 aliphatic carbocycles. The molecular weight excluding hydrogens is 209 g/mol. The monoisotopic (exact) mass is 220 g/mol. The van der Waals surface area contributed by atoms with Crippen molar-refractivity contribution in [2.75, 3.05) is 17.3 Å². The molecule has 0 spiro atoms. The van der Waals surface area contributed by atoms with Crippen LogP contribution in [0.1, 0.15) is 6.42 Å². The van der Waals surface area contributed by atoms with E-state index in [0.29, 0.717) is 11.5 Å². The van der Waals surface area contributed by atoms with Crippen molar-refractivity contribution in [3.63, 3.8) is 0 Å². The number of rotatable bonds is 4. The highest BCUT2D eigenvalue weighted by Crippen LogP contribution is 2.19. The lowest BCUT2D eigenvalue weighted by Gasteiger charge is -2.09. The lowest BCUT2D eigenvalue weighted by atomic mass is 10.3. The van der Waals surface area contributed by atoms with Crippen LogP contribution < -0.4 is 16.6 Å². The van der Waals surface area contributed by atoms with E-state index in [9.17, 15) is 13.2 Å². The lowest BCUT2D eigenvalue weighted by Crippen LogP contribution is -2.15. The van der Waals surface area contributed by atoms with Crippen molar-refractivity contribution in [3.8, 4) is 0 Å². The molecule has 0 bridgehead atoms. The first-order valence-electron chi connectivity index (χ1n) is 4.24. The normalized spacial score (nSPS) is 11.2. The quantitative estimate of drug-likeness (QED) is 0.534. The Morgan fingerprint density at radius 2 is 2.13 bits per heavy atom. The van der Waals surface area contributed by atoms with Crippen LogP contribution in [-0.2, 0) is 0 Å². The highest BCUT2D eigenvalue weighted by molar-refractivity contribution is 5.51. The maximum Gasteiger partial charge on any atom is 0.390 e. The van der Waals surface area contributed by atoms with Gasteiger partial charge in [0, 0.05) is 24.5 Å². The average molecular weight is 220 g/mol. The summed E-state index contributed by atoms with van der Waals surface area (Å²) in [6.45, 7) is -0.169. The fraction of sp³-hybridized carbons (Fsp3) is 0.375. The Kier molecular flexibility index (Phi) is 3.73. The van der Waals surface area contributed by atoms with Gasteiger partial charge in [0.1, 0.15) is 5.82 Å². The van der Waals surface area contributed by atoms with E-state index in [4.69, 9.17) is 5.84 Å². The summed E-state index contributed by atoms with van der Waals surface area (Å²) < 4.78 is 35.5. The zero-order chi connectivity index (χ0) is 11.3. The minimum atomic E-state index is -4.14. The second-order valence-corrected chi connectivity index (χ2v) is 2.87. The Hall–Kier alpha value is -1.50. The Balaban J connectivity index is 2.44. The first kappa shape index (κ1) is 11.6. The molecule has 1 rings (SSSR count). The number of halogens is 3. The Morgan fingerprint density at radius 1 is 1.40 bits per heavy atom. The third kappa shape index (κ3) is 4.50. The number of pyridine rings is 1. The summed E-state index contributed by atoms with van der Waals surface area (Å²) in [5.41, 5.74) is 2.84. The maximum atomic E-state index is 11.8. The van der Waals surface area contributed by atoms with Crippen LogP contribution in [-0.4, -0.2) is 17.7 Å². The zero-order valence-electron chi connectivity index (χ0n) is 7.80. The van der Waals surface area contributed by atoms with Gasteiger partial charge in [-0.2, -0.15) is 13.2 Å². The van der Waals surface area contributed by atoms with Crippen LogP contribution in [0.4, 0.5) is 24.7 Å². The summed E-state index contributed by atoms with van der Waals surface area (Å²) in [6, 6.07) is 3.09. The van der Waals surface area contributed by atoms with Crippen molar-refractivity contribution in [2.45, 2.75) is 12.6 Å². The molecule has 0 saturated heterocycles. The number of hydrogen-bond acceptors (Lipinski definition) is 4. The van der Waals surface area contributed by atoms with Gasteiger partial charge < -0.3 is 10.7 Å². The van der Waals surface area contributed by atoms with Gasteiger partial charge in [-0.05, 0) is 6.07 Å². The van der Waals surface area contributed by atoms with Crippen molar-refractivity contribution < 1.29 is 13.2 Å². The summed E-state index contributed by atoms with van der Waals surface area (Å²) in [6.07, 6.45) is -3.57. The van der Waals surface area contributed by atoms with E-state index in [0.717, 1.165) is 0 Å². The highest BCUT2D eigenvalue weighted by atomic mass is 19.4. The molecule has 0 saturated carbocycles. The standard InChI is InChI=1S/C8H11F3N4/c9-8(10,11)2-4-13-6-1-3-14-7(5-6)15-12/h1,3,5H,2,4,12H2,(H2,13,14,15). The minimum Gasteiger partial charge on any atom is -0.385 e. The molecule has 84 valence electrons. The maximum absolute atomic E-state index is 11.8. The second kappa shape index (κ2) is 4.83. The molecule has 0 amide bonds. The number of hydrogen-bond donors (Lipinski definition) is 3. The van der Waals surface area contributed by atoms with Crippen LogP contribution in [0.5, 0.6) is 0 Å². The van der Waals surface area contributed by atoms with E-state index in [1.807, 2.05) is 0 Å². The molecular formula is C8H11F3N4. The van der Waals surface area contributed by atoms with Gasteiger partial charge in [-0.25, -0.2) is 10.8 Å². The van der Waals surface area contributed by atoms with E-state index in [2.05, 4.69) is 15.7 Å². The Morgan fingerprint density at radius 3 is 2.73 bits per heavy atom. The molecule has 1 aromatic heterocycles. The van der Waals surface area contributed by atoms with Gasteiger partial charge in [0.15, 0.2) is 0 Å². The van der Waals surface area contributed by atoms with Crippen molar-refractivity contribution in [2.24, 2.45) is 5.84 Å². The largest absolute Gasteiger partial charge is 0.390 e. The van der Waals surface area contributed by atoms with Gasteiger partial charge in [0.05, 0.1) is 6.42 Å². The lowest BCUT2D eigenvalue weighted by molar-refractivity contribution is -0.131. The average Bonchev–Trinajstić information content (AvgIpc) is 2.16. The molecule has 0 radical (unpaired) electrons. The van der Waals surface area contributed by atoms with Crippen LogP contribution in [0, 0.1) is 0 Å². The van der Waals surface area contributed by atoms with Crippen molar-refractivity contribution in [1.29, 1.82) is 0 Å². The summed E-state index contributed by atoms with van der Waals surface area (Å²) in [5, 5.41) is 2.62. The van der Waals surface area contributed by atoms with Gasteiger partial charge >= 0.3 is 6.18 Å². The SMILES string of the molecule is NNc1cc(NCCC(F)(F)F)ccn1. The molecule has 0 aliphatic heterocycles. The van der Waals surface area contributed by atoms with E-state index >= 15 is 0 Å². The smallest absolute Gasteiger partial charge is 0.385 e. The molecule has 4 N–H and O–H groups in total. The van der Waals surface area contributed by atoms with Crippen molar-refractivity contribution >= 4 is 11.5 Å². The van der Waals surface area contributed by atoms with Crippen molar-refractivity contribution in [1.82, 2.24) is 4.98 Å². The molecule has 1 aromatic rings. The minimum absolute atomic E-state index is 0.169. The molecule has 0 atom stereocenters. The molecule has 4 nitrogen and oxygen atoms in total. The fourth-order valence-electron chi connectivity index (χ4n) is 0.968. The Bertz CT molecular complexity index is 313. The van der Waals surface area contributed by atoms with Gasteiger partial charge in [-0.3, -0.25) is 0 Å². The first-order chi connectivity index (χ1) is 7.01. The molecule has 7 heteroatoms. The first-order valence-corrected chi connectivity index (χ1v) is 4.24. The second-order valence-electron chi connectivity index (χ2n) is 2.87. The number of anilines is 2. The number of aromatic nitrogens is 1. The predicted molar refractivity (Wildman–Crippen MR) is 51.2 cm³/mol. The predicted octanol–water partition coefficient (Wildman–Crippen LogP) is 1.73. The number of alkyl halides is 3. The number of nitrogens with two attached hydrogens (primary N) is 1. The molecule has 0 fully saturated rings. The summed E-state index contributed by atoms with van der Waals surface area (Å²) >= 11 is 0. The molecule has 0 aromatic carbocycles. The molecule has 15 heavy (non-hydrogen) atoms. The molecule has 0 aliphatic rings. The van der Waals surface area contributed by atoms with Gasteiger partial charge in [-0.1, -0.05) is 0 Å². The third-order valence-electron chi connectivity index (χ3n) is 1.65. The van der Waals surface area contributed by atoms with E-state index in [1.165, 1.54) is 12.3 Å². The summed E-state index contributed by atoms with van der Waals surface area (Å²) in [5.74, 6) is 5.49. The fourth-order valence-corrected chi connectivity index (χ4v) is 0.968. The van der Waals surface area contributed by atoms with Crippen LogP contribution in [0.3, 0.4) is 0 Å². The highest BCUT2D eigenvalue weighted by Gasteiger charge is 2.25. The Labute approximate surface area is 84.7 Å². The van der Waals surface area contributed by atoms with Crippen LogP contribution in [0.15, 0.2) is 18.3 Å². The number of hydrazine groups is 1. The topological polar surface area (TPSA) is 63.0 Å². The van der Waals surface area contributed by atoms with Crippen molar-refractivity contribution in [3.05, 3.63) is 18.3 Å². The third-order valence-corrected chi connectivity index (χ3v) is 1.65. The number of nitrogens with one attached hydrogen (secondary N) is 2. The zero-order valence-corrected chi connectivity index (χ0v) is 7.80. The van der Waals surface area contributed by atoms with E-state index in [1.54, 1.807) is 6.07 Å². The van der Waals surface area contributed by atoms with Crippen LogP contribution >= 0.6 is 0 Å². The van der Waals surface area contributed by atoms with Gasteiger partial charge in [0.2, 0.25) is 0 Å². The van der Waals surface area contributed by atoms with Gasteiger partial charge in [-0.15, -0.1) is 0 Å². The number of nitrogens with zero attached hydrogens (tertiary/aromatic N) is 1. The van der Waals surface area contributed by atoms with E-state index in [-0.39, 0.29) is 6.54 Å². The van der Waals surface area contributed by atoms with E-state index < -0.39 is 12.6 Å². The molecule has 1 heterocycles. The molecule has 0 unspecified atom stereocenters.